The topological polar surface area (TPSA) is 38.7 Å². The van der Waals surface area contributed by atoms with Gasteiger partial charge in [-0.3, -0.25) is 0 Å². The van der Waals surface area contributed by atoms with Crippen molar-refractivity contribution in [3.63, 3.8) is 0 Å². The second kappa shape index (κ2) is 4.98. The van der Waals surface area contributed by atoms with Gasteiger partial charge in [0.1, 0.15) is 5.03 Å². The van der Waals surface area contributed by atoms with Crippen molar-refractivity contribution in [1.82, 2.24) is 15.2 Å². The average Bonchev–Trinajstić information content (AvgIpc) is 2.06. The monoisotopic (exact) mass is 237 g/mol. The molecule has 0 aliphatic rings. The van der Waals surface area contributed by atoms with Gasteiger partial charge in [-0.1, -0.05) is 25.4 Å². The van der Waals surface area contributed by atoms with E-state index in [2.05, 4.69) is 29.0 Å². The van der Waals surface area contributed by atoms with Crippen molar-refractivity contribution >= 4 is 35.0 Å². The van der Waals surface area contributed by atoms with Gasteiger partial charge in [-0.25, -0.2) is 4.98 Å². The predicted octanol–water partition coefficient (Wildman–Crippen LogP) is 2.93. The first-order valence-corrected chi connectivity index (χ1v) is 5.52. The summed E-state index contributed by atoms with van der Waals surface area (Å²) >= 11 is 12.9. The molecule has 0 N–H and O–H groups in total. The molecule has 0 bridgehead atoms. The Hall–Kier alpha value is -0.0600. The molecule has 0 atom stereocenters. The summed E-state index contributed by atoms with van der Waals surface area (Å²) < 4.78 is 0. The Morgan fingerprint density at radius 3 is 2.62 bits per heavy atom. The minimum absolute atomic E-state index is 0.135. The van der Waals surface area contributed by atoms with Gasteiger partial charge >= 0.3 is 0 Å². The van der Waals surface area contributed by atoms with Gasteiger partial charge in [0.2, 0.25) is 5.28 Å². The Morgan fingerprint density at radius 1 is 1.31 bits per heavy atom. The molecule has 0 radical (unpaired) electrons. The second-order valence-corrected chi connectivity index (χ2v) is 4.59. The Balaban J connectivity index is 2.70. The minimum atomic E-state index is 0.135. The van der Waals surface area contributed by atoms with Crippen LogP contribution in [-0.2, 0) is 0 Å². The van der Waals surface area contributed by atoms with Crippen LogP contribution in [-0.4, -0.2) is 20.9 Å². The van der Waals surface area contributed by atoms with Crippen LogP contribution in [0.2, 0.25) is 10.4 Å². The van der Waals surface area contributed by atoms with Crippen LogP contribution in [0.3, 0.4) is 0 Å². The molecule has 0 spiro atoms. The average molecular weight is 238 g/mol. The zero-order chi connectivity index (χ0) is 9.84. The lowest BCUT2D eigenvalue weighted by atomic mass is 10.3. The number of hydrogen-bond donors (Lipinski definition) is 0. The molecular weight excluding hydrogens is 229 g/mol. The summed E-state index contributed by atoms with van der Waals surface area (Å²) in [6, 6.07) is 0. The van der Waals surface area contributed by atoms with Gasteiger partial charge in [0, 0.05) is 5.75 Å². The maximum Gasteiger partial charge on any atom is 0.244 e. The predicted molar refractivity (Wildman–Crippen MR) is 55.4 cm³/mol. The van der Waals surface area contributed by atoms with E-state index >= 15 is 0 Å². The molecule has 0 unspecified atom stereocenters. The summed E-state index contributed by atoms with van der Waals surface area (Å²) in [5.74, 6) is 1.52. The van der Waals surface area contributed by atoms with Gasteiger partial charge in [0.25, 0.3) is 0 Å². The lowest BCUT2D eigenvalue weighted by Crippen LogP contribution is -1.95. The number of rotatable bonds is 3. The molecule has 3 nitrogen and oxygen atoms in total. The molecule has 1 rings (SSSR count). The van der Waals surface area contributed by atoms with Crippen molar-refractivity contribution in [1.29, 1.82) is 0 Å². The molecule has 13 heavy (non-hydrogen) atoms. The minimum Gasteiger partial charge on any atom is -0.207 e. The smallest absolute Gasteiger partial charge is 0.207 e. The third-order valence-electron chi connectivity index (χ3n) is 1.14. The Bertz CT molecular complexity index is 293. The third-order valence-corrected chi connectivity index (χ3v) is 3.06. The van der Waals surface area contributed by atoms with Crippen LogP contribution in [0, 0.1) is 5.92 Å². The number of hydrogen-bond acceptors (Lipinski definition) is 4. The van der Waals surface area contributed by atoms with E-state index < -0.39 is 0 Å². The van der Waals surface area contributed by atoms with E-state index in [4.69, 9.17) is 23.2 Å². The van der Waals surface area contributed by atoms with Gasteiger partial charge in [0.05, 0.1) is 0 Å². The van der Waals surface area contributed by atoms with Gasteiger partial charge in [-0.15, -0.1) is 22.0 Å². The van der Waals surface area contributed by atoms with Crippen LogP contribution in [0.4, 0.5) is 0 Å². The van der Waals surface area contributed by atoms with Crippen LogP contribution in [0.15, 0.2) is 5.03 Å². The number of aromatic nitrogens is 3. The summed E-state index contributed by atoms with van der Waals surface area (Å²) in [6.07, 6.45) is 0. The molecule has 0 fully saturated rings. The van der Waals surface area contributed by atoms with Crippen molar-refractivity contribution < 1.29 is 0 Å². The maximum absolute atomic E-state index is 5.76. The van der Waals surface area contributed by atoms with Crippen LogP contribution in [0.5, 0.6) is 0 Å². The molecule has 0 saturated heterocycles. The first-order valence-electron chi connectivity index (χ1n) is 3.78. The van der Waals surface area contributed by atoms with Crippen LogP contribution >= 0.6 is 35.0 Å². The molecular formula is C7H9Cl2N3S. The maximum atomic E-state index is 5.76. The summed E-state index contributed by atoms with van der Waals surface area (Å²) in [5, 5.41) is 8.28. The highest BCUT2D eigenvalue weighted by atomic mass is 35.5. The van der Waals surface area contributed by atoms with Crippen molar-refractivity contribution in [2.45, 2.75) is 18.9 Å². The molecule has 1 aromatic rings. The highest BCUT2D eigenvalue weighted by molar-refractivity contribution is 7.99. The SMILES string of the molecule is CC(C)CSc1nc(Cl)nnc1Cl. The van der Waals surface area contributed by atoms with E-state index in [1.165, 1.54) is 11.8 Å². The van der Waals surface area contributed by atoms with E-state index in [1.54, 1.807) is 0 Å². The van der Waals surface area contributed by atoms with Gasteiger partial charge < -0.3 is 0 Å². The molecule has 6 heteroatoms. The lowest BCUT2D eigenvalue weighted by molar-refractivity contribution is 0.748. The van der Waals surface area contributed by atoms with E-state index in [0.717, 1.165) is 5.75 Å². The van der Waals surface area contributed by atoms with Crippen LogP contribution < -0.4 is 0 Å². The van der Waals surface area contributed by atoms with E-state index in [1.807, 2.05) is 0 Å². The fraction of sp³-hybridized carbons (Fsp3) is 0.571. The first-order chi connectivity index (χ1) is 6.09. The largest absolute Gasteiger partial charge is 0.244 e. The van der Waals surface area contributed by atoms with Crippen molar-refractivity contribution in [3.8, 4) is 0 Å². The number of nitrogens with zero attached hydrogens (tertiary/aromatic N) is 3. The van der Waals surface area contributed by atoms with Gasteiger partial charge in [0.15, 0.2) is 5.15 Å². The lowest BCUT2D eigenvalue weighted by Gasteiger charge is -2.03. The summed E-state index contributed by atoms with van der Waals surface area (Å²) in [7, 11) is 0. The molecule has 0 aromatic carbocycles. The molecule has 0 saturated carbocycles. The van der Waals surface area contributed by atoms with E-state index in [9.17, 15) is 0 Å². The highest BCUT2D eigenvalue weighted by Crippen LogP contribution is 2.24. The van der Waals surface area contributed by atoms with Crippen LogP contribution in [0.1, 0.15) is 13.8 Å². The first kappa shape index (κ1) is 11.0. The molecule has 1 aromatic heterocycles. The standard InChI is InChI=1S/C7H9Cl2N3S/c1-4(2)3-13-6-5(8)11-12-7(9)10-6/h4H,3H2,1-2H3. The zero-order valence-corrected chi connectivity index (χ0v) is 9.62. The summed E-state index contributed by atoms with van der Waals surface area (Å²) in [6.45, 7) is 4.24. The van der Waals surface area contributed by atoms with Crippen LogP contribution in [0.25, 0.3) is 0 Å². The van der Waals surface area contributed by atoms with Gasteiger partial charge in [-0.2, -0.15) is 0 Å². The van der Waals surface area contributed by atoms with Crippen molar-refractivity contribution in [3.05, 3.63) is 10.4 Å². The Labute approximate surface area is 91.2 Å². The van der Waals surface area contributed by atoms with Crippen molar-refractivity contribution in [2.75, 3.05) is 5.75 Å². The number of halogens is 2. The summed E-state index contributed by atoms with van der Waals surface area (Å²) in [5.41, 5.74) is 0. The molecule has 1 heterocycles. The quantitative estimate of drug-likeness (QED) is 0.759. The second-order valence-electron chi connectivity index (χ2n) is 2.88. The summed E-state index contributed by atoms with van der Waals surface area (Å²) in [4.78, 5) is 3.97. The van der Waals surface area contributed by atoms with Gasteiger partial charge in [-0.05, 0) is 17.5 Å². The Kier molecular flexibility index (Phi) is 4.22. The molecule has 0 amide bonds. The van der Waals surface area contributed by atoms with E-state index in [-0.39, 0.29) is 5.28 Å². The molecule has 0 aliphatic carbocycles. The zero-order valence-electron chi connectivity index (χ0n) is 7.29. The Morgan fingerprint density at radius 2 is 2.00 bits per heavy atom. The fourth-order valence-electron chi connectivity index (χ4n) is 0.618. The number of thioether (sulfide) groups is 1. The van der Waals surface area contributed by atoms with Crippen molar-refractivity contribution in [2.24, 2.45) is 5.92 Å². The fourth-order valence-corrected chi connectivity index (χ4v) is 1.84. The normalized spacial score (nSPS) is 10.8. The molecule has 0 aliphatic heterocycles. The van der Waals surface area contributed by atoms with E-state index in [0.29, 0.717) is 16.1 Å². The highest BCUT2D eigenvalue weighted by Gasteiger charge is 2.07. The molecule has 72 valence electrons. The third kappa shape index (κ3) is 3.67.